The van der Waals surface area contributed by atoms with Gasteiger partial charge < -0.3 is 14.7 Å². The van der Waals surface area contributed by atoms with Gasteiger partial charge in [0.25, 0.3) is 5.91 Å². The van der Waals surface area contributed by atoms with Crippen LogP contribution in [-0.2, 0) is 19.1 Å². The summed E-state index contributed by atoms with van der Waals surface area (Å²) in [5.74, 6) is -0.501. The van der Waals surface area contributed by atoms with Gasteiger partial charge >= 0.3 is 6.18 Å². The first kappa shape index (κ1) is 20.7. The van der Waals surface area contributed by atoms with Crippen LogP contribution in [0.3, 0.4) is 0 Å². The van der Waals surface area contributed by atoms with Crippen LogP contribution in [0, 0.1) is 0 Å². The van der Waals surface area contributed by atoms with E-state index in [2.05, 4.69) is 17.0 Å². The number of hydrogen-bond acceptors (Lipinski definition) is 4. The Hall–Kier alpha value is -2.58. The maximum atomic E-state index is 12.9. The van der Waals surface area contributed by atoms with Crippen molar-refractivity contribution in [2.24, 2.45) is 0 Å². The lowest BCUT2D eigenvalue weighted by Gasteiger charge is -2.32. The number of carbonyl (C=O) groups is 1. The molecule has 0 spiro atoms. The van der Waals surface area contributed by atoms with Crippen LogP contribution in [-0.4, -0.2) is 59.7 Å². The summed E-state index contributed by atoms with van der Waals surface area (Å²) in [5.41, 5.74) is 1.79. The summed E-state index contributed by atoms with van der Waals surface area (Å²) in [6, 6.07) is 11.1. The maximum absolute atomic E-state index is 12.9. The van der Waals surface area contributed by atoms with Crippen molar-refractivity contribution in [2.45, 2.75) is 25.2 Å². The Morgan fingerprint density at radius 3 is 2.60 bits per heavy atom. The predicted octanol–water partition coefficient (Wildman–Crippen LogP) is 2.96. The minimum Gasteiger partial charge on any atom is -0.491 e. The molecule has 30 heavy (non-hydrogen) atoms. The van der Waals surface area contributed by atoms with E-state index in [4.69, 9.17) is 4.74 Å². The third-order valence-electron chi connectivity index (χ3n) is 5.56. The lowest BCUT2D eigenvalue weighted by atomic mass is 10.00. The summed E-state index contributed by atoms with van der Waals surface area (Å²) in [5, 5.41) is 10.6. The number of rotatable bonds is 4. The van der Waals surface area contributed by atoms with Gasteiger partial charge in [0.2, 0.25) is 0 Å². The molecule has 2 aliphatic heterocycles. The van der Waals surface area contributed by atoms with Gasteiger partial charge in [-0.25, -0.2) is 0 Å². The molecule has 1 N–H and O–H groups in total. The van der Waals surface area contributed by atoms with E-state index in [1.807, 2.05) is 12.1 Å². The minimum atomic E-state index is -4.50. The fraction of sp³-hybridized carbons (Fsp3) is 0.409. The second-order valence-electron chi connectivity index (χ2n) is 7.72. The van der Waals surface area contributed by atoms with Crippen LogP contribution in [0.2, 0.25) is 0 Å². The number of hydrogen-bond donors (Lipinski definition) is 1. The van der Waals surface area contributed by atoms with Gasteiger partial charge in [0.15, 0.2) is 0 Å². The number of β-amino-alcohol motifs (C(OH)–C–C–N with tert-alkyl or cyclic N) is 1. The highest BCUT2D eigenvalue weighted by Gasteiger charge is 2.33. The second-order valence-corrected chi connectivity index (χ2v) is 7.72. The summed E-state index contributed by atoms with van der Waals surface area (Å²) >= 11 is 0. The number of aliphatic hydroxyl groups excluding tert-OH is 1. The third kappa shape index (κ3) is 4.44. The zero-order valence-electron chi connectivity index (χ0n) is 16.4. The molecule has 0 radical (unpaired) electrons. The number of aliphatic hydroxyl groups is 1. The van der Waals surface area contributed by atoms with Crippen LogP contribution < -0.4 is 4.74 Å². The van der Waals surface area contributed by atoms with E-state index in [9.17, 15) is 23.1 Å². The Labute approximate surface area is 172 Å². The molecule has 0 unspecified atom stereocenters. The van der Waals surface area contributed by atoms with Crippen LogP contribution in [0.15, 0.2) is 42.5 Å². The first-order valence-electron chi connectivity index (χ1n) is 9.92. The largest absolute Gasteiger partial charge is 0.491 e. The van der Waals surface area contributed by atoms with Gasteiger partial charge in [0.05, 0.1) is 23.8 Å². The van der Waals surface area contributed by atoms with E-state index in [0.717, 1.165) is 37.7 Å². The molecule has 0 fully saturated rings. The minimum absolute atomic E-state index is 0.0700. The van der Waals surface area contributed by atoms with Gasteiger partial charge in [-0.05, 0) is 35.7 Å². The van der Waals surface area contributed by atoms with Crippen molar-refractivity contribution in [2.75, 3.05) is 32.8 Å². The van der Waals surface area contributed by atoms with E-state index in [-0.39, 0.29) is 31.0 Å². The van der Waals surface area contributed by atoms with Crippen molar-refractivity contribution in [3.8, 4) is 5.75 Å². The first-order valence-corrected chi connectivity index (χ1v) is 9.92. The zero-order chi connectivity index (χ0) is 21.3. The predicted molar refractivity (Wildman–Crippen MR) is 104 cm³/mol. The number of amides is 1. The van der Waals surface area contributed by atoms with Crippen molar-refractivity contribution in [1.82, 2.24) is 9.80 Å². The lowest BCUT2D eigenvalue weighted by Crippen LogP contribution is -2.44. The molecule has 8 heteroatoms. The summed E-state index contributed by atoms with van der Waals surface area (Å²) in [4.78, 5) is 16.4. The third-order valence-corrected chi connectivity index (χ3v) is 5.56. The van der Waals surface area contributed by atoms with Crippen LogP contribution in [0.4, 0.5) is 13.2 Å². The second kappa shape index (κ2) is 8.28. The van der Waals surface area contributed by atoms with Gasteiger partial charge in [-0.3, -0.25) is 9.69 Å². The molecule has 2 aromatic rings. The molecule has 0 saturated heterocycles. The summed E-state index contributed by atoms with van der Waals surface area (Å²) in [6.45, 7) is 2.36. The molecule has 160 valence electrons. The molecule has 2 aromatic carbocycles. The highest BCUT2D eigenvalue weighted by atomic mass is 19.4. The van der Waals surface area contributed by atoms with Crippen LogP contribution in [0.25, 0.3) is 0 Å². The fourth-order valence-corrected chi connectivity index (χ4v) is 4.03. The molecular formula is C22H23F3N2O3. The molecule has 0 aliphatic carbocycles. The molecule has 4 rings (SSSR count). The monoisotopic (exact) mass is 420 g/mol. The zero-order valence-corrected chi connectivity index (χ0v) is 16.4. The number of carbonyl (C=O) groups excluding carboxylic acids is 1. The quantitative estimate of drug-likeness (QED) is 0.827. The first-order chi connectivity index (χ1) is 14.3. The van der Waals surface area contributed by atoms with Crippen molar-refractivity contribution in [3.63, 3.8) is 0 Å². The number of benzene rings is 2. The van der Waals surface area contributed by atoms with E-state index in [1.54, 1.807) is 0 Å². The SMILES string of the molecule is O=C1c2ccc(C(F)(F)F)cc2OCCN1C[C@H](O)CN1CCc2ccccc2C1. The Morgan fingerprint density at radius 2 is 1.83 bits per heavy atom. The summed E-state index contributed by atoms with van der Waals surface area (Å²) < 4.78 is 44.2. The Balaban J connectivity index is 1.40. The molecule has 1 amide bonds. The molecule has 1 atom stereocenters. The molecule has 0 aromatic heterocycles. The maximum Gasteiger partial charge on any atom is 0.416 e. The summed E-state index contributed by atoms with van der Waals surface area (Å²) in [7, 11) is 0. The van der Waals surface area contributed by atoms with Crippen LogP contribution in [0.1, 0.15) is 27.0 Å². The molecule has 2 aliphatic rings. The molecule has 5 nitrogen and oxygen atoms in total. The van der Waals surface area contributed by atoms with E-state index < -0.39 is 23.8 Å². The molecule has 0 bridgehead atoms. The highest BCUT2D eigenvalue weighted by molar-refractivity contribution is 5.97. The molecule has 0 saturated carbocycles. The Kier molecular flexibility index (Phi) is 5.71. The van der Waals surface area contributed by atoms with Crippen molar-refractivity contribution in [3.05, 3.63) is 64.7 Å². The number of nitrogens with zero attached hydrogens (tertiary/aromatic N) is 2. The average molecular weight is 420 g/mol. The van der Waals surface area contributed by atoms with Gasteiger partial charge in [0, 0.05) is 26.2 Å². The number of halogens is 3. The van der Waals surface area contributed by atoms with Crippen molar-refractivity contribution < 1.29 is 27.8 Å². The van der Waals surface area contributed by atoms with E-state index >= 15 is 0 Å². The highest BCUT2D eigenvalue weighted by Crippen LogP contribution is 2.34. The Morgan fingerprint density at radius 1 is 1.07 bits per heavy atom. The number of fused-ring (bicyclic) bond motifs is 2. The van der Waals surface area contributed by atoms with Crippen molar-refractivity contribution in [1.29, 1.82) is 0 Å². The lowest BCUT2D eigenvalue weighted by molar-refractivity contribution is -0.137. The number of ether oxygens (including phenoxy) is 1. The van der Waals surface area contributed by atoms with E-state index in [0.29, 0.717) is 6.54 Å². The van der Waals surface area contributed by atoms with E-state index in [1.165, 1.54) is 16.0 Å². The topological polar surface area (TPSA) is 53.0 Å². The van der Waals surface area contributed by atoms with Crippen LogP contribution >= 0.6 is 0 Å². The number of alkyl halides is 3. The van der Waals surface area contributed by atoms with Crippen molar-refractivity contribution >= 4 is 5.91 Å². The fourth-order valence-electron chi connectivity index (χ4n) is 4.03. The summed E-state index contributed by atoms with van der Waals surface area (Å²) in [6.07, 6.45) is -4.36. The van der Waals surface area contributed by atoms with Gasteiger partial charge in [-0.2, -0.15) is 13.2 Å². The molecule has 2 heterocycles. The Bertz CT molecular complexity index is 932. The normalized spacial score (nSPS) is 18.3. The standard InChI is InChI=1S/C22H23F3N2O3/c23-22(24,25)17-5-6-19-20(11-17)30-10-9-27(21(19)29)14-18(28)13-26-8-7-15-3-1-2-4-16(15)12-26/h1-6,11,18,28H,7-10,12-14H2/t18-/m1/s1. The van der Waals surface area contributed by atoms with Gasteiger partial charge in [0.1, 0.15) is 12.4 Å². The average Bonchev–Trinajstić information content (AvgIpc) is 2.86. The van der Waals surface area contributed by atoms with Gasteiger partial charge in [-0.1, -0.05) is 24.3 Å². The molecular weight excluding hydrogens is 397 g/mol. The van der Waals surface area contributed by atoms with Gasteiger partial charge in [-0.15, -0.1) is 0 Å². The smallest absolute Gasteiger partial charge is 0.416 e. The van der Waals surface area contributed by atoms with Crippen LogP contribution in [0.5, 0.6) is 5.75 Å².